The molecular formula is C21H19ClN4O7. The number of nitro groups is 1. The fourth-order valence-corrected chi connectivity index (χ4v) is 3.25. The van der Waals surface area contributed by atoms with Gasteiger partial charge in [0.15, 0.2) is 6.61 Å². The number of anilines is 1. The van der Waals surface area contributed by atoms with Gasteiger partial charge in [-0.25, -0.2) is 0 Å². The van der Waals surface area contributed by atoms with Crippen LogP contribution in [-0.4, -0.2) is 46.8 Å². The van der Waals surface area contributed by atoms with Crippen molar-refractivity contribution in [1.82, 2.24) is 10.4 Å². The Morgan fingerprint density at radius 1 is 1.21 bits per heavy atom. The molecule has 2 aromatic carbocycles. The van der Waals surface area contributed by atoms with E-state index in [0.717, 1.165) is 17.1 Å². The molecule has 2 N–H and O–H groups in total. The number of rotatable bonds is 7. The van der Waals surface area contributed by atoms with E-state index in [1.54, 1.807) is 25.1 Å². The van der Waals surface area contributed by atoms with Gasteiger partial charge < -0.3 is 10.1 Å². The Hall–Kier alpha value is -3.99. The van der Waals surface area contributed by atoms with Crippen molar-refractivity contribution in [2.75, 3.05) is 18.5 Å². The van der Waals surface area contributed by atoms with Crippen LogP contribution in [0.25, 0.3) is 0 Å². The molecule has 2 aromatic rings. The summed E-state index contributed by atoms with van der Waals surface area (Å²) in [7, 11) is 0. The molecule has 0 aliphatic carbocycles. The molecule has 3 rings (SSSR count). The van der Waals surface area contributed by atoms with Crippen LogP contribution in [0.15, 0.2) is 42.5 Å². The quantitative estimate of drug-likeness (QED) is 0.355. The summed E-state index contributed by atoms with van der Waals surface area (Å²) >= 11 is 6.00. The van der Waals surface area contributed by atoms with Crippen molar-refractivity contribution in [3.8, 4) is 0 Å². The summed E-state index contributed by atoms with van der Waals surface area (Å²) in [4.78, 5) is 58.9. The van der Waals surface area contributed by atoms with Crippen molar-refractivity contribution >= 4 is 46.7 Å². The third-order valence-electron chi connectivity index (χ3n) is 4.92. The Bertz CT molecular complexity index is 1120. The minimum Gasteiger partial charge on any atom is -0.455 e. The fraction of sp³-hybridized carbons (Fsp3) is 0.238. The summed E-state index contributed by atoms with van der Waals surface area (Å²) in [5, 5.41) is 14.7. The maximum Gasteiger partial charge on any atom is 0.311 e. The lowest BCUT2D eigenvalue weighted by Crippen LogP contribution is -2.43. The number of nitro benzene ring substituents is 1. The zero-order valence-electron chi connectivity index (χ0n) is 17.4. The summed E-state index contributed by atoms with van der Waals surface area (Å²) in [6.45, 7) is 1.05. The highest BCUT2D eigenvalue weighted by Crippen LogP contribution is 2.23. The standard InChI is InChI=1S/C21H19ClN4O7/c1-12-16(22)3-2-4-17(12)23-18(27)11-33-21(30)14-9-19(28)25(10-14)24-20(29)13-5-7-15(8-6-13)26(31)32/h2-8,14H,9-11H2,1H3,(H,23,27)(H,24,29)/t14-/m0/s1. The van der Waals surface area contributed by atoms with Crippen LogP contribution in [0.3, 0.4) is 0 Å². The maximum atomic E-state index is 12.3. The van der Waals surface area contributed by atoms with Crippen LogP contribution in [0.5, 0.6) is 0 Å². The van der Waals surface area contributed by atoms with Gasteiger partial charge in [0.05, 0.1) is 17.4 Å². The number of carbonyl (C=O) groups excluding carboxylic acids is 4. The minimum absolute atomic E-state index is 0.104. The van der Waals surface area contributed by atoms with E-state index in [1.807, 2.05) is 0 Å². The average molecular weight is 475 g/mol. The van der Waals surface area contributed by atoms with Crippen LogP contribution >= 0.6 is 11.6 Å². The smallest absolute Gasteiger partial charge is 0.311 e. The summed E-state index contributed by atoms with van der Waals surface area (Å²) in [6.07, 6.45) is -0.200. The Kier molecular flexibility index (Phi) is 7.23. The Morgan fingerprint density at radius 2 is 1.91 bits per heavy atom. The van der Waals surface area contributed by atoms with Gasteiger partial charge in [-0.05, 0) is 36.8 Å². The van der Waals surface area contributed by atoms with Crippen molar-refractivity contribution in [2.45, 2.75) is 13.3 Å². The third-order valence-corrected chi connectivity index (χ3v) is 5.33. The van der Waals surface area contributed by atoms with Gasteiger partial charge in [-0.2, -0.15) is 0 Å². The molecule has 33 heavy (non-hydrogen) atoms. The van der Waals surface area contributed by atoms with Crippen molar-refractivity contribution in [1.29, 1.82) is 0 Å². The van der Waals surface area contributed by atoms with E-state index in [9.17, 15) is 29.3 Å². The molecule has 1 heterocycles. The first kappa shape index (κ1) is 23.7. The van der Waals surface area contributed by atoms with Crippen LogP contribution in [0.4, 0.5) is 11.4 Å². The maximum absolute atomic E-state index is 12.3. The molecule has 0 aromatic heterocycles. The normalized spacial score (nSPS) is 15.2. The van der Waals surface area contributed by atoms with Crippen molar-refractivity contribution in [3.05, 3.63) is 68.7 Å². The van der Waals surface area contributed by atoms with Gasteiger partial charge >= 0.3 is 5.97 Å². The molecule has 0 radical (unpaired) electrons. The lowest BCUT2D eigenvalue weighted by atomic mass is 10.1. The lowest BCUT2D eigenvalue weighted by molar-refractivity contribution is -0.384. The largest absolute Gasteiger partial charge is 0.455 e. The molecule has 0 saturated carbocycles. The molecule has 0 bridgehead atoms. The highest BCUT2D eigenvalue weighted by atomic mass is 35.5. The molecule has 1 atom stereocenters. The van der Waals surface area contributed by atoms with E-state index in [0.29, 0.717) is 16.3 Å². The zero-order chi connectivity index (χ0) is 24.1. The van der Waals surface area contributed by atoms with Gasteiger partial charge in [0, 0.05) is 34.8 Å². The Labute approximate surface area is 192 Å². The number of carbonyl (C=O) groups is 4. The minimum atomic E-state index is -0.865. The van der Waals surface area contributed by atoms with E-state index in [4.69, 9.17) is 16.3 Å². The van der Waals surface area contributed by atoms with Gasteiger partial charge in [0.25, 0.3) is 17.5 Å². The molecule has 172 valence electrons. The number of amides is 3. The van der Waals surface area contributed by atoms with Crippen LogP contribution in [0.2, 0.25) is 5.02 Å². The first-order valence-electron chi connectivity index (χ1n) is 9.73. The molecule has 1 fully saturated rings. The van der Waals surface area contributed by atoms with Crippen LogP contribution in [0, 0.1) is 23.0 Å². The van der Waals surface area contributed by atoms with Crippen molar-refractivity contribution in [3.63, 3.8) is 0 Å². The third kappa shape index (κ3) is 5.83. The number of halogens is 1. The van der Waals surface area contributed by atoms with Gasteiger partial charge in [-0.3, -0.25) is 39.7 Å². The molecule has 1 saturated heterocycles. The molecule has 11 nitrogen and oxygen atoms in total. The molecule has 0 unspecified atom stereocenters. The number of hydrogen-bond donors (Lipinski definition) is 2. The number of ether oxygens (including phenoxy) is 1. The molecule has 12 heteroatoms. The van der Waals surface area contributed by atoms with E-state index < -0.39 is 41.1 Å². The predicted octanol–water partition coefficient (Wildman–Crippen LogP) is 2.23. The number of nitrogens with zero attached hydrogens (tertiary/aromatic N) is 2. The van der Waals surface area contributed by atoms with Crippen molar-refractivity contribution in [2.24, 2.45) is 5.92 Å². The highest BCUT2D eigenvalue weighted by molar-refractivity contribution is 6.31. The predicted molar refractivity (Wildman–Crippen MR) is 116 cm³/mol. The summed E-state index contributed by atoms with van der Waals surface area (Å²) in [5.74, 6) is -3.36. The number of benzene rings is 2. The number of hydrogen-bond acceptors (Lipinski definition) is 7. The fourth-order valence-electron chi connectivity index (χ4n) is 3.08. The summed E-state index contributed by atoms with van der Waals surface area (Å²) < 4.78 is 5.01. The number of non-ortho nitro benzene ring substituents is 1. The SMILES string of the molecule is Cc1c(Cl)cccc1NC(=O)COC(=O)[C@H]1CC(=O)N(NC(=O)c2ccc([N+](=O)[O-])cc2)C1. The summed E-state index contributed by atoms with van der Waals surface area (Å²) in [6, 6.07) is 9.83. The molecular weight excluding hydrogens is 456 g/mol. The van der Waals surface area contributed by atoms with Gasteiger partial charge in [0.1, 0.15) is 0 Å². The second-order valence-corrected chi connectivity index (χ2v) is 7.63. The van der Waals surface area contributed by atoms with Crippen LogP contribution in [-0.2, 0) is 19.1 Å². The van der Waals surface area contributed by atoms with Gasteiger partial charge in [0.2, 0.25) is 5.91 Å². The monoisotopic (exact) mass is 474 g/mol. The summed E-state index contributed by atoms with van der Waals surface area (Å²) in [5.41, 5.74) is 3.44. The van der Waals surface area contributed by atoms with Crippen LogP contribution < -0.4 is 10.7 Å². The Morgan fingerprint density at radius 3 is 2.58 bits per heavy atom. The molecule has 1 aliphatic heterocycles. The highest BCUT2D eigenvalue weighted by Gasteiger charge is 2.36. The second-order valence-electron chi connectivity index (χ2n) is 7.22. The van der Waals surface area contributed by atoms with E-state index in [1.165, 1.54) is 12.1 Å². The first-order valence-corrected chi connectivity index (χ1v) is 10.1. The molecule has 3 amide bonds. The first-order chi connectivity index (χ1) is 15.7. The topological polar surface area (TPSA) is 148 Å². The zero-order valence-corrected chi connectivity index (χ0v) is 18.1. The number of nitrogens with one attached hydrogen (secondary N) is 2. The molecule has 1 aliphatic rings. The van der Waals surface area contributed by atoms with Crippen molar-refractivity contribution < 1.29 is 28.8 Å². The average Bonchev–Trinajstić information content (AvgIpc) is 3.15. The van der Waals surface area contributed by atoms with E-state index >= 15 is 0 Å². The number of esters is 1. The second kappa shape index (κ2) is 10.1. The van der Waals surface area contributed by atoms with Gasteiger partial charge in [-0.1, -0.05) is 17.7 Å². The Balaban J connectivity index is 1.50. The lowest BCUT2D eigenvalue weighted by Gasteiger charge is -2.17. The van der Waals surface area contributed by atoms with E-state index in [2.05, 4.69) is 10.7 Å². The number of hydrazine groups is 1. The van der Waals surface area contributed by atoms with Gasteiger partial charge in [-0.15, -0.1) is 0 Å². The van der Waals surface area contributed by atoms with Crippen LogP contribution in [0.1, 0.15) is 22.3 Å². The molecule has 0 spiro atoms. The van der Waals surface area contributed by atoms with E-state index in [-0.39, 0.29) is 24.2 Å².